The predicted octanol–water partition coefficient (Wildman–Crippen LogP) is 2.81. The largest absolute Gasteiger partial charge is 0.394 e. The number of rotatable bonds is 5. The summed E-state index contributed by atoms with van der Waals surface area (Å²) in [5.41, 5.74) is 2.34. The van der Waals surface area contributed by atoms with Crippen molar-refractivity contribution in [2.45, 2.75) is 33.2 Å². The van der Waals surface area contributed by atoms with Crippen LogP contribution in [0.3, 0.4) is 0 Å². The molecule has 84 valence electrons. The summed E-state index contributed by atoms with van der Waals surface area (Å²) in [5.74, 6) is 0.596. The van der Waals surface area contributed by atoms with Crippen molar-refractivity contribution in [2.75, 3.05) is 11.9 Å². The molecule has 0 bridgehead atoms. The van der Waals surface area contributed by atoms with Crippen molar-refractivity contribution in [3.05, 3.63) is 29.8 Å². The Kier molecular flexibility index (Phi) is 4.63. The molecule has 2 N–H and O–H groups in total. The lowest BCUT2D eigenvalue weighted by Crippen LogP contribution is -2.25. The first kappa shape index (κ1) is 12.1. The van der Waals surface area contributed by atoms with Crippen LogP contribution in [-0.4, -0.2) is 17.8 Å². The first-order valence-electron chi connectivity index (χ1n) is 5.56. The molecule has 0 heterocycles. The third-order valence-electron chi connectivity index (χ3n) is 2.48. The van der Waals surface area contributed by atoms with Crippen LogP contribution in [0.25, 0.3) is 0 Å². The number of para-hydroxylation sites is 1. The number of nitrogens with one attached hydrogen (secondary N) is 1. The smallest absolute Gasteiger partial charge is 0.0632 e. The molecule has 0 amide bonds. The molecule has 0 saturated carbocycles. The predicted molar refractivity (Wildman–Crippen MR) is 65.1 cm³/mol. The summed E-state index contributed by atoms with van der Waals surface area (Å²) in [7, 11) is 0. The minimum Gasteiger partial charge on any atom is -0.394 e. The van der Waals surface area contributed by atoms with Gasteiger partial charge in [0, 0.05) is 11.7 Å². The van der Waals surface area contributed by atoms with Gasteiger partial charge in [0.1, 0.15) is 0 Å². The topological polar surface area (TPSA) is 32.3 Å². The summed E-state index contributed by atoms with van der Waals surface area (Å²) in [4.78, 5) is 0. The highest BCUT2D eigenvalue weighted by Gasteiger charge is 2.09. The van der Waals surface area contributed by atoms with Gasteiger partial charge in [-0.3, -0.25) is 0 Å². The second-order valence-corrected chi connectivity index (χ2v) is 4.47. The molecule has 2 heteroatoms. The normalized spacial score (nSPS) is 12.9. The van der Waals surface area contributed by atoms with Gasteiger partial charge in [-0.05, 0) is 30.9 Å². The van der Waals surface area contributed by atoms with Gasteiger partial charge in [0.05, 0.1) is 6.61 Å². The number of hydrogen-bond donors (Lipinski definition) is 2. The minimum absolute atomic E-state index is 0.158. The number of hydrogen-bond acceptors (Lipinski definition) is 2. The Balaban J connectivity index is 2.62. The van der Waals surface area contributed by atoms with Crippen LogP contribution in [0.4, 0.5) is 5.69 Å². The second kappa shape index (κ2) is 5.76. The van der Waals surface area contributed by atoms with E-state index in [2.05, 4.69) is 38.2 Å². The maximum absolute atomic E-state index is 9.26. The molecule has 1 unspecified atom stereocenters. The molecule has 1 aromatic carbocycles. The third kappa shape index (κ3) is 3.92. The monoisotopic (exact) mass is 207 g/mol. The molecule has 0 fully saturated rings. The van der Waals surface area contributed by atoms with Crippen LogP contribution in [0.15, 0.2) is 24.3 Å². The molecule has 1 aromatic rings. The second-order valence-electron chi connectivity index (χ2n) is 4.47. The fraction of sp³-hybridized carbons (Fsp3) is 0.538. The first-order valence-corrected chi connectivity index (χ1v) is 5.56. The molecule has 0 aliphatic heterocycles. The highest BCUT2D eigenvalue weighted by molar-refractivity contribution is 5.50. The minimum atomic E-state index is 0.158. The fourth-order valence-corrected chi connectivity index (χ4v) is 1.70. The highest BCUT2D eigenvalue weighted by atomic mass is 16.3. The van der Waals surface area contributed by atoms with E-state index in [1.807, 2.05) is 12.1 Å². The molecule has 0 saturated heterocycles. The maximum atomic E-state index is 9.26. The molecule has 0 aliphatic carbocycles. The Morgan fingerprint density at radius 1 is 1.27 bits per heavy atom. The van der Waals surface area contributed by atoms with E-state index in [-0.39, 0.29) is 12.6 Å². The SMILES string of the molecule is Cc1ccccc1NC(CO)CC(C)C. The van der Waals surface area contributed by atoms with Crippen LogP contribution in [0.1, 0.15) is 25.8 Å². The van der Waals surface area contributed by atoms with Gasteiger partial charge in [-0.25, -0.2) is 0 Å². The van der Waals surface area contributed by atoms with Crippen molar-refractivity contribution < 1.29 is 5.11 Å². The van der Waals surface area contributed by atoms with E-state index in [9.17, 15) is 5.11 Å². The van der Waals surface area contributed by atoms with Gasteiger partial charge in [0.2, 0.25) is 0 Å². The van der Waals surface area contributed by atoms with Gasteiger partial charge in [-0.1, -0.05) is 32.0 Å². The zero-order valence-corrected chi connectivity index (χ0v) is 9.83. The maximum Gasteiger partial charge on any atom is 0.0632 e. The average Bonchev–Trinajstić information content (AvgIpc) is 2.19. The summed E-state index contributed by atoms with van der Waals surface area (Å²) < 4.78 is 0. The Labute approximate surface area is 92.3 Å². The van der Waals surface area contributed by atoms with Crippen LogP contribution in [0.2, 0.25) is 0 Å². The Morgan fingerprint density at radius 2 is 1.93 bits per heavy atom. The van der Waals surface area contributed by atoms with Crippen molar-refractivity contribution in [1.82, 2.24) is 0 Å². The van der Waals surface area contributed by atoms with Crippen LogP contribution in [0, 0.1) is 12.8 Å². The van der Waals surface area contributed by atoms with Crippen LogP contribution >= 0.6 is 0 Å². The number of aliphatic hydroxyl groups is 1. The van der Waals surface area contributed by atoms with Gasteiger partial charge in [0.15, 0.2) is 0 Å². The molecule has 1 atom stereocenters. The van der Waals surface area contributed by atoms with E-state index >= 15 is 0 Å². The van der Waals surface area contributed by atoms with Crippen LogP contribution in [-0.2, 0) is 0 Å². The molecule has 15 heavy (non-hydrogen) atoms. The molecule has 0 aliphatic rings. The zero-order chi connectivity index (χ0) is 11.3. The average molecular weight is 207 g/mol. The van der Waals surface area contributed by atoms with Crippen LogP contribution in [0.5, 0.6) is 0 Å². The van der Waals surface area contributed by atoms with E-state index in [1.165, 1.54) is 5.56 Å². The summed E-state index contributed by atoms with van der Waals surface area (Å²) >= 11 is 0. The van der Waals surface area contributed by atoms with Gasteiger partial charge in [-0.15, -0.1) is 0 Å². The molecular formula is C13H21NO. The third-order valence-corrected chi connectivity index (χ3v) is 2.48. The Bertz CT molecular complexity index is 296. The van der Waals surface area contributed by atoms with E-state index in [1.54, 1.807) is 0 Å². The summed E-state index contributed by atoms with van der Waals surface area (Å²) in [6.45, 7) is 6.60. The van der Waals surface area contributed by atoms with E-state index in [4.69, 9.17) is 0 Å². The van der Waals surface area contributed by atoms with Crippen molar-refractivity contribution in [3.63, 3.8) is 0 Å². The lowest BCUT2D eigenvalue weighted by Gasteiger charge is -2.20. The molecule has 0 spiro atoms. The lowest BCUT2D eigenvalue weighted by molar-refractivity contribution is 0.259. The standard InChI is InChI=1S/C13H21NO/c1-10(2)8-12(9-15)14-13-7-5-4-6-11(13)3/h4-7,10,12,14-15H,8-9H2,1-3H3. The van der Waals surface area contributed by atoms with Gasteiger partial charge in [-0.2, -0.15) is 0 Å². The number of benzene rings is 1. The Hall–Kier alpha value is -1.02. The number of anilines is 1. The van der Waals surface area contributed by atoms with Crippen molar-refractivity contribution in [1.29, 1.82) is 0 Å². The number of aryl methyl sites for hydroxylation is 1. The summed E-state index contributed by atoms with van der Waals surface area (Å²) in [5, 5.41) is 12.6. The van der Waals surface area contributed by atoms with E-state index < -0.39 is 0 Å². The summed E-state index contributed by atoms with van der Waals surface area (Å²) in [6, 6.07) is 8.33. The van der Waals surface area contributed by atoms with Crippen molar-refractivity contribution in [3.8, 4) is 0 Å². The molecule has 2 nitrogen and oxygen atoms in total. The molecular weight excluding hydrogens is 186 g/mol. The zero-order valence-electron chi connectivity index (χ0n) is 9.83. The van der Waals surface area contributed by atoms with Gasteiger partial charge in [0.25, 0.3) is 0 Å². The molecule has 0 radical (unpaired) electrons. The number of aliphatic hydroxyl groups excluding tert-OH is 1. The molecule has 1 rings (SSSR count). The first-order chi connectivity index (χ1) is 7.13. The van der Waals surface area contributed by atoms with E-state index in [0.29, 0.717) is 5.92 Å². The fourth-order valence-electron chi connectivity index (χ4n) is 1.70. The van der Waals surface area contributed by atoms with Gasteiger partial charge < -0.3 is 10.4 Å². The molecule has 0 aromatic heterocycles. The lowest BCUT2D eigenvalue weighted by atomic mass is 10.0. The summed E-state index contributed by atoms with van der Waals surface area (Å²) in [6.07, 6.45) is 0.991. The quantitative estimate of drug-likeness (QED) is 0.778. The van der Waals surface area contributed by atoms with E-state index in [0.717, 1.165) is 12.1 Å². The highest BCUT2D eigenvalue weighted by Crippen LogP contribution is 2.16. The Morgan fingerprint density at radius 3 is 2.47 bits per heavy atom. The van der Waals surface area contributed by atoms with Crippen LogP contribution < -0.4 is 5.32 Å². The van der Waals surface area contributed by atoms with Crippen molar-refractivity contribution in [2.24, 2.45) is 5.92 Å². The van der Waals surface area contributed by atoms with Crippen molar-refractivity contribution >= 4 is 5.69 Å². The van der Waals surface area contributed by atoms with Gasteiger partial charge >= 0.3 is 0 Å².